The molecule has 0 rings (SSSR count). The number of carbonyl (C=O) groups is 3. The van der Waals surface area contributed by atoms with Gasteiger partial charge in [-0.15, -0.1) is 0 Å². The van der Waals surface area contributed by atoms with Crippen molar-refractivity contribution in [3.8, 4) is 0 Å². The molecular formula is C59H120O11. The van der Waals surface area contributed by atoms with Crippen LogP contribution in [0.15, 0.2) is 0 Å². The molecule has 0 amide bonds. The Bertz CT molecular complexity index is 882. The van der Waals surface area contributed by atoms with Gasteiger partial charge in [0.05, 0.1) is 13.2 Å². The van der Waals surface area contributed by atoms with Crippen LogP contribution >= 0.6 is 0 Å². The van der Waals surface area contributed by atoms with E-state index in [9.17, 15) is 14.4 Å². The first kappa shape index (κ1) is 74.7. The quantitative estimate of drug-likeness (QED) is 0.0269. The Morgan fingerprint density at radius 1 is 0.257 bits per heavy atom. The SMILES string of the molecule is CCCCCCCCCCCCCCCCCC(=O)O.CCCCCCCCCCCCCCCCCC(=O)O.CCCCCCCCCCCCCCCCCC(=O)O.OC[C@@H](O)[C@H](O)[C@@H](O)CO. The molecule has 11 nitrogen and oxygen atoms in total. The van der Waals surface area contributed by atoms with Crippen molar-refractivity contribution in [2.24, 2.45) is 0 Å². The Kier molecular flexibility index (Phi) is 71.8. The van der Waals surface area contributed by atoms with Crippen molar-refractivity contribution < 1.29 is 55.2 Å². The second-order valence-corrected chi connectivity index (χ2v) is 20.3. The number of carboxylic acids is 3. The third-order valence-corrected chi connectivity index (χ3v) is 13.1. The van der Waals surface area contributed by atoms with Gasteiger partial charge in [-0.05, 0) is 19.3 Å². The van der Waals surface area contributed by atoms with E-state index in [1.807, 2.05) is 0 Å². The molecule has 8 N–H and O–H groups in total. The van der Waals surface area contributed by atoms with Crippen molar-refractivity contribution in [2.45, 2.75) is 347 Å². The number of unbranched alkanes of at least 4 members (excludes halogenated alkanes) is 42. The Balaban J connectivity index is -0.000000426. The van der Waals surface area contributed by atoms with Gasteiger partial charge in [-0.2, -0.15) is 0 Å². The second kappa shape index (κ2) is 67.2. The maximum atomic E-state index is 10.3. The minimum absolute atomic E-state index is 0.345. The van der Waals surface area contributed by atoms with Gasteiger partial charge in [0.15, 0.2) is 0 Å². The van der Waals surface area contributed by atoms with E-state index in [1.54, 1.807) is 0 Å². The monoisotopic (exact) mass is 1000 g/mol. The Labute approximate surface area is 432 Å². The molecule has 0 unspecified atom stereocenters. The lowest BCUT2D eigenvalue weighted by molar-refractivity contribution is -0.138. The van der Waals surface area contributed by atoms with E-state index in [0.717, 1.165) is 38.5 Å². The highest BCUT2D eigenvalue weighted by Gasteiger charge is 2.22. The molecule has 0 aliphatic heterocycles. The number of carboxylic acid groups (broad SMARTS) is 3. The molecule has 0 heterocycles. The summed E-state index contributed by atoms with van der Waals surface area (Å²) in [6.07, 6.45) is 56.3. The second-order valence-electron chi connectivity index (χ2n) is 20.3. The molecule has 0 aliphatic rings. The summed E-state index contributed by atoms with van der Waals surface area (Å²) in [5, 5.41) is 68.1. The van der Waals surface area contributed by atoms with Crippen LogP contribution in [0.4, 0.5) is 0 Å². The average molecular weight is 1010 g/mol. The van der Waals surface area contributed by atoms with Crippen LogP contribution < -0.4 is 0 Å². The van der Waals surface area contributed by atoms with Gasteiger partial charge in [0.25, 0.3) is 0 Å². The third kappa shape index (κ3) is 75.1. The zero-order valence-electron chi connectivity index (χ0n) is 46.4. The normalized spacial score (nSPS) is 12.2. The van der Waals surface area contributed by atoms with Gasteiger partial charge in [0, 0.05) is 19.3 Å². The van der Waals surface area contributed by atoms with E-state index < -0.39 is 49.4 Å². The average Bonchev–Trinajstić information content (AvgIpc) is 3.34. The van der Waals surface area contributed by atoms with E-state index in [4.69, 9.17) is 40.9 Å². The minimum atomic E-state index is -1.49. The van der Waals surface area contributed by atoms with Gasteiger partial charge in [-0.3, -0.25) is 14.4 Å². The highest BCUT2D eigenvalue weighted by molar-refractivity contribution is 5.67. The molecule has 422 valence electrons. The lowest BCUT2D eigenvalue weighted by Crippen LogP contribution is -2.41. The Hall–Kier alpha value is -1.79. The summed E-state index contributed by atoms with van der Waals surface area (Å²) in [5.74, 6) is -1.96. The van der Waals surface area contributed by atoms with Gasteiger partial charge in [0.2, 0.25) is 0 Å². The number of rotatable bonds is 52. The topological polar surface area (TPSA) is 213 Å². The molecular weight excluding hydrogens is 885 g/mol. The van der Waals surface area contributed by atoms with Gasteiger partial charge in [0.1, 0.15) is 18.3 Å². The van der Waals surface area contributed by atoms with Crippen LogP contribution in [0.1, 0.15) is 329 Å². The van der Waals surface area contributed by atoms with Crippen molar-refractivity contribution in [1.29, 1.82) is 0 Å². The number of hydrogen-bond donors (Lipinski definition) is 8. The summed E-state index contributed by atoms with van der Waals surface area (Å²) in [6.45, 7) is 5.53. The molecule has 0 aliphatic carbocycles. The molecule has 0 spiro atoms. The lowest BCUT2D eigenvalue weighted by Gasteiger charge is -2.19. The lowest BCUT2D eigenvalue weighted by atomic mass is 10.0. The van der Waals surface area contributed by atoms with Crippen LogP contribution in [0.5, 0.6) is 0 Å². The first-order valence-electron chi connectivity index (χ1n) is 29.9. The molecule has 0 radical (unpaired) electrons. The van der Waals surface area contributed by atoms with Crippen LogP contribution in [0.3, 0.4) is 0 Å². The van der Waals surface area contributed by atoms with Crippen molar-refractivity contribution in [1.82, 2.24) is 0 Å². The molecule has 0 bridgehead atoms. The molecule has 11 heteroatoms. The van der Waals surface area contributed by atoms with E-state index in [1.165, 1.54) is 250 Å². The molecule has 70 heavy (non-hydrogen) atoms. The van der Waals surface area contributed by atoms with Crippen LogP contribution in [0, 0.1) is 0 Å². The number of aliphatic hydroxyl groups excluding tert-OH is 5. The summed E-state index contributed by atoms with van der Waals surface area (Å²) in [4.78, 5) is 31.0. The maximum Gasteiger partial charge on any atom is 0.303 e. The zero-order chi connectivity index (χ0) is 52.8. The van der Waals surface area contributed by atoms with Crippen molar-refractivity contribution in [3.63, 3.8) is 0 Å². The molecule has 0 aromatic carbocycles. The van der Waals surface area contributed by atoms with Crippen LogP contribution in [0.2, 0.25) is 0 Å². The zero-order valence-corrected chi connectivity index (χ0v) is 46.4. The summed E-state index contributed by atoms with van der Waals surface area (Å²) in [6, 6.07) is 0. The minimum Gasteiger partial charge on any atom is -0.481 e. The summed E-state index contributed by atoms with van der Waals surface area (Å²) in [7, 11) is 0. The van der Waals surface area contributed by atoms with E-state index >= 15 is 0 Å². The molecule has 0 aromatic heterocycles. The molecule has 0 saturated carbocycles. The first-order chi connectivity index (χ1) is 33.9. The fourth-order valence-electron chi connectivity index (χ4n) is 8.42. The molecule has 3 atom stereocenters. The van der Waals surface area contributed by atoms with Crippen molar-refractivity contribution >= 4 is 17.9 Å². The highest BCUT2D eigenvalue weighted by atomic mass is 16.4. The van der Waals surface area contributed by atoms with Gasteiger partial charge in [-0.25, -0.2) is 0 Å². The van der Waals surface area contributed by atoms with Gasteiger partial charge >= 0.3 is 17.9 Å². The molecule has 0 aromatic rings. The maximum absolute atomic E-state index is 10.3. The van der Waals surface area contributed by atoms with Crippen molar-refractivity contribution in [3.05, 3.63) is 0 Å². The fraction of sp³-hybridized carbons (Fsp3) is 0.949. The van der Waals surface area contributed by atoms with Crippen LogP contribution in [-0.2, 0) is 14.4 Å². The van der Waals surface area contributed by atoms with E-state index in [0.29, 0.717) is 19.3 Å². The number of hydrogen-bond acceptors (Lipinski definition) is 8. The van der Waals surface area contributed by atoms with Crippen LogP contribution in [0.25, 0.3) is 0 Å². The smallest absolute Gasteiger partial charge is 0.303 e. The van der Waals surface area contributed by atoms with Crippen molar-refractivity contribution in [2.75, 3.05) is 13.2 Å². The number of aliphatic hydroxyl groups is 5. The van der Waals surface area contributed by atoms with E-state index in [-0.39, 0.29) is 0 Å². The van der Waals surface area contributed by atoms with Crippen LogP contribution in [-0.4, -0.2) is 90.3 Å². The standard InChI is InChI=1S/3C18H36O2.C5H12O5/c3*1-2-3-4-5-6-7-8-9-10-11-12-13-14-15-16-17-18(19)20;6-1-3(8)5(10)4(9)2-7/h3*2-17H2,1H3,(H,19,20);3-10H,1-2H2/t;;;3-,4+,5+. The first-order valence-corrected chi connectivity index (χ1v) is 29.9. The Morgan fingerprint density at radius 3 is 0.500 bits per heavy atom. The van der Waals surface area contributed by atoms with Gasteiger partial charge in [-0.1, -0.05) is 290 Å². The summed E-state index contributed by atoms with van der Waals surface area (Å²) >= 11 is 0. The third-order valence-electron chi connectivity index (χ3n) is 13.1. The Morgan fingerprint density at radius 2 is 0.386 bits per heavy atom. The predicted molar refractivity (Wildman–Crippen MR) is 294 cm³/mol. The molecule has 0 saturated heterocycles. The van der Waals surface area contributed by atoms with Gasteiger partial charge < -0.3 is 40.9 Å². The predicted octanol–water partition coefficient (Wildman–Crippen LogP) is 16.1. The van der Waals surface area contributed by atoms with E-state index in [2.05, 4.69) is 20.8 Å². The molecule has 0 fully saturated rings. The number of aliphatic carboxylic acids is 3. The largest absolute Gasteiger partial charge is 0.481 e. The highest BCUT2D eigenvalue weighted by Crippen LogP contribution is 2.17. The summed E-state index contributed by atoms with van der Waals surface area (Å²) in [5.41, 5.74) is 0. The fourth-order valence-corrected chi connectivity index (χ4v) is 8.42. The summed E-state index contributed by atoms with van der Waals surface area (Å²) < 4.78 is 0.